The standard InChI is InChI=1S/C27H33P.C12H11F13O2/c1-19(2)22-7-13-25(14-8-22)28(26-15-9-23(10-16-26)20(3)4)27-17-11-24(12-18-27)21(5)6;1-2-3-4-5(13)7(14,15)9(18,19)11(22,23)12(24,25)10(20,21)8(16,17)6(26)27/h7-21H,1-6H3;5H,2-4H2,1H3,(H,26,27). The largest absolute Gasteiger partial charge is 0.544 e. The number of unbranched alkanes of at least 4 members (excludes halogenated alkanes) is 1. The molecule has 1 unspecified atom stereocenters. The Balaban J connectivity index is 0.000000381. The summed E-state index contributed by atoms with van der Waals surface area (Å²) in [4.78, 5) is 9.80. The van der Waals surface area contributed by atoms with Crippen LogP contribution in [0.25, 0.3) is 0 Å². The fourth-order valence-electron chi connectivity index (χ4n) is 5.29. The van der Waals surface area contributed by atoms with Crippen LogP contribution in [0.5, 0.6) is 0 Å². The molecule has 1 atom stereocenters. The number of carbonyl (C=O) groups excluding carboxylic acids is 1. The summed E-state index contributed by atoms with van der Waals surface area (Å²) in [5, 5.41) is 14.2. The van der Waals surface area contributed by atoms with Crippen molar-refractivity contribution in [3.63, 3.8) is 0 Å². The van der Waals surface area contributed by atoms with Gasteiger partial charge in [-0.15, -0.1) is 0 Å². The predicted octanol–water partition coefficient (Wildman–Crippen LogP) is 10.6. The molecular weight excluding hydrogens is 778 g/mol. The van der Waals surface area contributed by atoms with Gasteiger partial charge in [0.05, 0.1) is 7.92 Å². The average Bonchev–Trinajstić information content (AvgIpc) is 3.11. The van der Waals surface area contributed by atoms with Crippen LogP contribution < -0.4 is 21.0 Å². The summed E-state index contributed by atoms with van der Waals surface area (Å²) < 4.78 is 170. The lowest BCUT2D eigenvalue weighted by Gasteiger charge is -2.42. The first-order valence-electron chi connectivity index (χ1n) is 17.3. The Morgan fingerprint density at radius 2 is 0.836 bits per heavy atom. The van der Waals surface area contributed by atoms with Gasteiger partial charge in [0.25, 0.3) is 0 Å². The van der Waals surface area contributed by atoms with E-state index in [-0.39, 0.29) is 6.42 Å². The fraction of sp³-hybridized carbons (Fsp3) is 0.513. The molecule has 0 N–H and O–H groups in total. The lowest BCUT2D eigenvalue weighted by molar-refractivity contribution is -0.434. The zero-order valence-electron chi connectivity index (χ0n) is 31.1. The maximum atomic E-state index is 13.3. The molecule has 308 valence electrons. The van der Waals surface area contributed by atoms with E-state index in [2.05, 4.69) is 114 Å². The number of carbonyl (C=O) groups is 1. The monoisotopic (exact) mass is 822 g/mol. The van der Waals surface area contributed by atoms with Gasteiger partial charge in [-0.3, -0.25) is 0 Å². The highest BCUT2D eigenvalue weighted by Gasteiger charge is 2.91. The van der Waals surface area contributed by atoms with E-state index in [1.165, 1.54) is 39.5 Å². The second kappa shape index (κ2) is 17.8. The maximum Gasteiger partial charge on any atom is 0.385 e. The van der Waals surface area contributed by atoms with Crippen LogP contribution in [-0.4, -0.2) is 47.7 Å². The third-order valence-corrected chi connectivity index (χ3v) is 11.8. The SMILES string of the molecule is CC(C)c1ccc([PH+](c2ccc(C(C)C)cc2)c2ccc(C(C)C)cc2)cc1.CCCCC(F)C(F)(F)C(F)(F)C(F)(F)C(F)(F)C(F)(F)C(F)(F)C(=O)[O-]. The van der Waals surface area contributed by atoms with E-state index in [1.54, 1.807) is 0 Å². The van der Waals surface area contributed by atoms with Crippen molar-refractivity contribution in [1.29, 1.82) is 0 Å². The summed E-state index contributed by atoms with van der Waals surface area (Å²) in [6.07, 6.45) is -6.59. The summed E-state index contributed by atoms with van der Waals surface area (Å²) in [6, 6.07) is 28.0. The van der Waals surface area contributed by atoms with Gasteiger partial charge in [0.1, 0.15) is 21.9 Å². The Hall–Kier alpha value is -3.35. The molecule has 0 aromatic heterocycles. The molecule has 3 aromatic carbocycles. The first-order chi connectivity index (χ1) is 25.0. The summed E-state index contributed by atoms with van der Waals surface area (Å²) in [5.74, 6) is -48.0. The summed E-state index contributed by atoms with van der Waals surface area (Å²) in [7, 11) is -1.00. The summed E-state index contributed by atoms with van der Waals surface area (Å²) >= 11 is 0. The van der Waals surface area contributed by atoms with Gasteiger partial charge in [-0.1, -0.05) is 97.7 Å². The van der Waals surface area contributed by atoms with Crippen LogP contribution in [0.15, 0.2) is 72.8 Å². The van der Waals surface area contributed by atoms with E-state index in [9.17, 15) is 67.0 Å². The number of alkyl halides is 13. The molecule has 0 radical (unpaired) electrons. The number of hydrogen-bond donors (Lipinski definition) is 0. The van der Waals surface area contributed by atoms with Crippen LogP contribution in [0, 0.1) is 0 Å². The topological polar surface area (TPSA) is 40.1 Å². The van der Waals surface area contributed by atoms with Crippen LogP contribution in [0.4, 0.5) is 57.1 Å². The van der Waals surface area contributed by atoms with Crippen molar-refractivity contribution in [3.8, 4) is 0 Å². The Labute approximate surface area is 313 Å². The van der Waals surface area contributed by atoms with Crippen molar-refractivity contribution < 1.29 is 67.0 Å². The number of halogens is 13. The van der Waals surface area contributed by atoms with Crippen molar-refractivity contribution in [1.82, 2.24) is 0 Å². The summed E-state index contributed by atoms with van der Waals surface area (Å²) in [6.45, 7) is 14.8. The first-order valence-corrected chi connectivity index (χ1v) is 18.8. The third kappa shape index (κ3) is 9.62. The minimum atomic E-state index is -8.05. The summed E-state index contributed by atoms with van der Waals surface area (Å²) in [5.41, 5.74) is 4.24. The smallest absolute Gasteiger partial charge is 0.385 e. The Morgan fingerprint density at radius 3 is 1.09 bits per heavy atom. The second-order valence-corrected chi connectivity index (χ2v) is 16.6. The van der Waals surface area contributed by atoms with Crippen LogP contribution in [0.3, 0.4) is 0 Å². The number of hydrogen-bond acceptors (Lipinski definition) is 2. The molecule has 16 heteroatoms. The van der Waals surface area contributed by atoms with Gasteiger partial charge in [0, 0.05) is 0 Å². The zero-order chi connectivity index (χ0) is 42.5. The van der Waals surface area contributed by atoms with Gasteiger partial charge in [0.2, 0.25) is 0 Å². The van der Waals surface area contributed by atoms with Crippen LogP contribution in [0.1, 0.15) is 102 Å². The number of carboxylic acid groups (broad SMARTS) is 1. The molecule has 3 aromatic rings. The number of aliphatic carboxylic acids is 1. The van der Waals surface area contributed by atoms with Gasteiger partial charge in [0.15, 0.2) is 6.17 Å². The molecule has 0 aliphatic rings. The van der Waals surface area contributed by atoms with Crippen molar-refractivity contribution in [2.24, 2.45) is 0 Å². The van der Waals surface area contributed by atoms with E-state index in [4.69, 9.17) is 0 Å². The van der Waals surface area contributed by atoms with Crippen LogP contribution in [-0.2, 0) is 4.79 Å². The van der Waals surface area contributed by atoms with E-state index in [1.807, 2.05) is 0 Å². The highest BCUT2D eigenvalue weighted by molar-refractivity contribution is 7.79. The Bertz CT molecular complexity index is 1550. The molecule has 0 amide bonds. The molecule has 55 heavy (non-hydrogen) atoms. The van der Waals surface area contributed by atoms with Crippen molar-refractivity contribution in [2.75, 3.05) is 0 Å². The fourth-order valence-corrected chi connectivity index (χ4v) is 7.79. The van der Waals surface area contributed by atoms with E-state index in [0.717, 1.165) is 0 Å². The quantitative estimate of drug-likeness (QED) is 0.107. The molecule has 0 fully saturated rings. The number of rotatable bonds is 16. The molecule has 0 heterocycles. The molecule has 0 spiro atoms. The van der Waals surface area contributed by atoms with Crippen molar-refractivity contribution >= 4 is 29.8 Å². The zero-order valence-corrected chi connectivity index (χ0v) is 32.1. The molecule has 2 nitrogen and oxygen atoms in total. The predicted molar refractivity (Wildman–Crippen MR) is 188 cm³/mol. The average molecular weight is 823 g/mol. The molecule has 0 bridgehead atoms. The highest BCUT2D eigenvalue weighted by Crippen LogP contribution is 2.60. The molecule has 0 aliphatic heterocycles. The van der Waals surface area contributed by atoms with Gasteiger partial charge in [-0.25, -0.2) is 4.39 Å². The van der Waals surface area contributed by atoms with Gasteiger partial charge in [-0.2, -0.15) is 52.7 Å². The van der Waals surface area contributed by atoms with Crippen molar-refractivity contribution in [2.45, 2.75) is 127 Å². The number of benzene rings is 3. The van der Waals surface area contributed by atoms with Crippen LogP contribution in [0.2, 0.25) is 0 Å². The Morgan fingerprint density at radius 1 is 0.545 bits per heavy atom. The van der Waals surface area contributed by atoms with Gasteiger partial charge in [-0.05, 0) is 77.3 Å². The van der Waals surface area contributed by atoms with E-state index >= 15 is 0 Å². The minimum Gasteiger partial charge on any atom is -0.544 e. The van der Waals surface area contributed by atoms with E-state index < -0.39 is 68.4 Å². The molecule has 0 aliphatic carbocycles. The van der Waals surface area contributed by atoms with E-state index in [0.29, 0.717) is 17.8 Å². The Kier molecular flexibility index (Phi) is 15.5. The maximum absolute atomic E-state index is 13.3. The second-order valence-electron chi connectivity index (χ2n) is 14.1. The lowest BCUT2D eigenvalue weighted by Crippen LogP contribution is -2.73. The minimum absolute atomic E-state index is 0.148. The molecular formula is C39H44F13O2P. The molecule has 0 saturated carbocycles. The first kappa shape index (κ1) is 47.8. The van der Waals surface area contributed by atoms with Gasteiger partial charge >= 0.3 is 35.5 Å². The normalized spacial score (nSPS) is 14.0. The van der Waals surface area contributed by atoms with Crippen molar-refractivity contribution in [3.05, 3.63) is 89.5 Å². The van der Waals surface area contributed by atoms with Crippen LogP contribution >= 0.6 is 7.92 Å². The highest BCUT2D eigenvalue weighted by atomic mass is 31.1. The third-order valence-electron chi connectivity index (χ3n) is 9.05. The lowest BCUT2D eigenvalue weighted by atomic mass is 9.89. The van der Waals surface area contributed by atoms with Gasteiger partial charge < -0.3 is 9.90 Å². The molecule has 0 saturated heterocycles. The number of carboxylic acids is 1. The molecule has 3 rings (SSSR count).